The molecular formula is C19H22N4OS. The Balaban J connectivity index is 1.71. The number of H-pyrrole nitrogens is 1. The number of aromatic amines is 1. The summed E-state index contributed by atoms with van der Waals surface area (Å²) >= 11 is 1.68. The van der Waals surface area contributed by atoms with Crippen LogP contribution in [0.4, 0.5) is 5.69 Å². The van der Waals surface area contributed by atoms with E-state index in [1.54, 1.807) is 11.3 Å². The average Bonchev–Trinajstić information content (AvgIpc) is 3.22. The van der Waals surface area contributed by atoms with Gasteiger partial charge in [-0.15, -0.1) is 11.3 Å². The average molecular weight is 354 g/mol. The Kier molecular flexibility index (Phi) is 5.31. The van der Waals surface area contributed by atoms with Crippen molar-refractivity contribution in [2.45, 2.75) is 26.8 Å². The predicted molar refractivity (Wildman–Crippen MR) is 102 cm³/mol. The van der Waals surface area contributed by atoms with Crippen LogP contribution in [0.3, 0.4) is 0 Å². The number of benzene rings is 1. The van der Waals surface area contributed by atoms with Crippen LogP contribution >= 0.6 is 11.3 Å². The third-order valence-corrected chi connectivity index (χ3v) is 5.03. The zero-order chi connectivity index (χ0) is 17.8. The minimum Gasteiger partial charge on any atom is -0.322 e. The Hall–Kier alpha value is -2.44. The summed E-state index contributed by atoms with van der Waals surface area (Å²) in [6, 6.07) is 12.5. The Bertz CT molecular complexity index is 817. The molecule has 2 heterocycles. The van der Waals surface area contributed by atoms with Crippen LogP contribution in [0.5, 0.6) is 0 Å². The second-order valence-electron chi connectivity index (χ2n) is 6.10. The molecule has 130 valence electrons. The van der Waals surface area contributed by atoms with Gasteiger partial charge in [-0.2, -0.15) is 5.10 Å². The number of nitrogens with zero attached hydrogens (tertiary/aromatic N) is 1. The summed E-state index contributed by atoms with van der Waals surface area (Å²) in [5.74, 6) is -0.0822. The second kappa shape index (κ2) is 7.63. The summed E-state index contributed by atoms with van der Waals surface area (Å²) in [4.78, 5) is 13.5. The zero-order valence-electron chi connectivity index (χ0n) is 14.6. The molecule has 6 heteroatoms. The number of carbonyl (C=O) groups is 1. The number of thiophene rings is 1. The minimum atomic E-state index is -0.0822. The maximum absolute atomic E-state index is 12.4. The summed E-state index contributed by atoms with van der Waals surface area (Å²) in [6.45, 7) is 6.05. The van der Waals surface area contributed by atoms with Crippen LogP contribution in [0.15, 0.2) is 41.8 Å². The number of aryl methyl sites for hydroxylation is 3. The molecule has 25 heavy (non-hydrogen) atoms. The first kappa shape index (κ1) is 17.4. The summed E-state index contributed by atoms with van der Waals surface area (Å²) in [5.41, 5.74) is 4.78. The number of anilines is 1. The van der Waals surface area contributed by atoms with Gasteiger partial charge < -0.3 is 5.32 Å². The molecule has 0 aliphatic heterocycles. The number of hydrogen-bond donors (Lipinski definition) is 3. The van der Waals surface area contributed by atoms with Gasteiger partial charge in [0, 0.05) is 4.88 Å². The third-order valence-electron chi connectivity index (χ3n) is 4.10. The predicted octanol–water partition coefficient (Wildman–Crippen LogP) is 3.71. The van der Waals surface area contributed by atoms with Crippen LogP contribution in [0.25, 0.3) is 0 Å². The van der Waals surface area contributed by atoms with Gasteiger partial charge in [0.2, 0.25) is 5.91 Å². The molecule has 0 spiro atoms. The first-order valence-corrected chi connectivity index (χ1v) is 9.07. The quantitative estimate of drug-likeness (QED) is 0.632. The van der Waals surface area contributed by atoms with E-state index in [2.05, 4.69) is 63.5 Å². The second-order valence-corrected chi connectivity index (χ2v) is 7.08. The van der Waals surface area contributed by atoms with Crippen molar-refractivity contribution in [2.75, 3.05) is 11.9 Å². The Morgan fingerprint density at radius 2 is 1.96 bits per heavy atom. The van der Waals surface area contributed by atoms with Gasteiger partial charge in [0.05, 0.1) is 29.7 Å². The lowest BCUT2D eigenvalue weighted by atomic mass is 10.0. The van der Waals surface area contributed by atoms with E-state index in [4.69, 9.17) is 0 Å². The molecule has 1 aromatic carbocycles. The molecule has 5 nitrogen and oxygen atoms in total. The normalized spacial score (nSPS) is 12.1. The van der Waals surface area contributed by atoms with Gasteiger partial charge in [-0.25, -0.2) is 0 Å². The maximum Gasteiger partial charge on any atom is 0.238 e. The highest BCUT2D eigenvalue weighted by atomic mass is 32.1. The minimum absolute atomic E-state index is 0.00195. The van der Waals surface area contributed by atoms with E-state index in [9.17, 15) is 4.79 Å². The van der Waals surface area contributed by atoms with E-state index < -0.39 is 0 Å². The van der Waals surface area contributed by atoms with Gasteiger partial charge >= 0.3 is 0 Å². The van der Waals surface area contributed by atoms with E-state index >= 15 is 0 Å². The number of carbonyl (C=O) groups excluding carboxylic acids is 1. The highest BCUT2D eigenvalue weighted by molar-refractivity contribution is 7.10. The first-order valence-electron chi connectivity index (χ1n) is 8.19. The van der Waals surface area contributed by atoms with E-state index in [0.29, 0.717) is 0 Å². The zero-order valence-corrected chi connectivity index (χ0v) is 15.4. The summed E-state index contributed by atoms with van der Waals surface area (Å²) in [6.07, 6.45) is 0. The fourth-order valence-corrected chi connectivity index (χ4v) is 3.54. The van der Waals surface area contributed by atoms with Crippen molar-refractivity contribution in [1.82, 2.24) is 15.5 Å². The SMILES string of the molecule is Cc1ccc([C@@H](NCC(=O)Nc2c(C)n[nH]c2C)c2cccs2)cc1. The molecule has 0 saturated carbocycles. The van der Waals surface area contributed by atoms with Gasteiger partial charge in [0.1, 0.15) is 0 Å². The molecule has 2 aromatic heterocycles. The van der Waals surface area contributed by atoms with Crippen molar-refractivity contribution in [3.63, 3.8) is 0 Å². The summed E-state index contributed by atoms with van der Waals surface area (Å²) in [5, 5.41) is 15.3. The lowest BCUT2D eigenvalue weighted by Gasteiger charge is -2.18. The molecule has 3 rings (SSSR count). The molecule has 0 radical (unpaired) electrons. The third kappa shape index (κ3) is 4.15. The van der Waals surface area contributed by atoms with Crippen LogP contribution in [0, 0.1) is 20.8 Å². The number of rotatable bonds is 6. The monoisotopic (exact) mass is 354 g/mol. The largest absolute Gasteiger partial charge is 0.322 e. The molecule has 0 aliphatic carbocycles. The van der Waals surface area contributed by atoms with Crippen molar-refractivity contribution >= 4 is 22.9 Å². The first-order chi connectivity index (χ1) is 12.0. The molecule has 1 amide bonds. The van der Waals surface area contributed by atoms with Crippen molar-refractivity contribution in [1.29, 1.82) is 0 Å². The highest BCUT2D eigenvalue weighted by Gasteiger charge is 2.17. The fraction of sp³-hybridized carbons (Fsp3) is 0.263. The van der Waals surface area contributed by atoms with Crippen molar-refractivity contribution in [3.05, 3.63) is 69.2 Å². The van der Waals surface area contributed by atoms with E-state index in [1.807, 2.05) is 19.9 Å². The van der Waals surface area contributed by atoms with Crippen LogP contribution in [-0.2, 0) is 4.79 Å². The van der Waals surface area contributed by atoms with Gasteiger partial charge in [-0.1, -0.05) is 35.9 Å². The standard InChI is InChI=1S/C19H22N4OS/c1-12-6-8-15(9-7-12)19(16-5-4-10-25-16)20-11-17(24)21-18-13(2)22-23-14(18)3/h4-10,19-20H,11H2,1-3H3,(H,21,24)(H,22,23)/t19-/m1/s1. The highest BCUT2D eigenvalue weighted by Crippen LogP contribution is 2.26. The van der Waals surface area contributed by atoms with Crippen LogP contribution in [0.1, 0.15) is 33.4 Å². The van der Waals surface area contributed by atoms with Crippen LogP contribution in [-0.4, -0.2) is 22.6 Å². The summed E-state index contributed by atoms with van der Waals surface area (Å²) < 4.78 is 0. The van der Waals surface area contributed by atoms with Crippen LogP contribution in [0.2, 0.25) is 0 Å². The Labute approximate surface area is 151 Å². The number of aromatic nitrogens is 2. The van der Waals surface area contributed by atoms with Gasteiger partial charge in [0.25, 0.3) is 0 Å². The van der Waals surface area contributed by atoms with Gasteiger partial charge in [0.15, 0.2) is 0 Å². The van der Waals surface area contributed by atoms with Gasteiger partial charge in [-0.05, 0) is 37.8 Å². The molecule has 0 aliphatic rings. The lowest BCUT2D eigenvalue weighted by molar-refractivity contribution is -0.115. The number of hydrogen-bond acceptors (Lipinski definition) is 4. The Morgan fingerprint density at radius 3 is 2.56 bits per heavy atom. The van der Waals surface area contributed by atoms with E-state index in [0.717, 1.165) is 22.6 Å². The molecule has 0 saturated heterocycles. The van der Waals surface area contributed by atoms with Crippen molar-refractivity contribution < 1.29 is 4.79 Å². The molecule has 3 aromatic rings. The Morgan fingerprint density at radius 1 is 1.20 bits per heavy atom. The lowest BCUT2D eigenvalue weighted by Crippen LogP contribution is -2.31. The van der Waals surface area contributed by atoms with Crippen molar-refractivity contribution in [3.8, 4) is 0 Å². The molecule has 0 bridgehead atoms. The smallest absolute Gasteiger partial charge is 0.238 e. The van der Waals surface area contributed by atoms with E-state index in [1.165, 1.54) is 10.4 Å². The fourth-order valence-electron chi connectivity index (χ4n) is 2.71. The molecule has 1 atom stereocenters. The molecule has 3 N–H and O–H groups in total. The topological polar surface area (TPSA) is 69.8 Å². The molecular weight excluding hydrogens is 332 g/mol. The number of nitrogens with one attached hydrogen (secondary N) is 3. The van der Waals surface area contributed by atoms with Crippen molar-refractivity contribution in [2.24, 2.45) is 0 Å². The maximum atomic E-state index is 12.4. The molecule has 0 fully saturated rings. The number of amides is 1. The van der Waals surface area contributed by atoms with Crippen LogP contribution < -0.4 is 10.6 Å². The summed E-state index contributed by atoms with van der Waals surface area (Å²) in [7, 11) is 0. The van der Waals surface area contributed by atoms with Gasteiger partial charge in [-0.3, -0.25) is 15.2 Å². The van der Waals surface area contributed by atoms with E-state index in [-0.39, 0.29) is 18.5 Å². The molecule has 0 unspecified atom stereocenters.